The van der Waals surface area contributed by atoms with Gasteiger partial charge in [-0.3, -0.25) is 4.79 Å². The lowest BCUT2D eigenvalue weighted by atomic mass is 10.2. The summed E-state index contributed by atoms with van der Waals surface area (Å²) in [5.74, 6) is 2.06. The van der Waals surface area contributed by atoms with Gasteiger partial charge in [-0.05, 0) is 50.2 Å². The number of amides is 1. The van der Waals surface area contributed by atoms with E-state index in [1.165, 1.54) is 23.5 Å². The fourth-order valence-electron chi connectivity index (χ4n) is 2.61. The number of rotatable bonds is 4. The van der Waals surface area contributed by atoms with Crippen LogP contribution in [-0.2, 0) is 16.4 Å². The molecule has 28 heavy (non-hydrogen) atoms. The van der Waals surface area contributed by atoms with Crippen LogP contribution in [0.5, 0.6) is 0 Å². The molecule has 3 rings (SSSR count). The Hall–Kier alpha value is -2.21. The fourth-order valence-corrected chi connectivity index (χ4v) is 5.29. The van der Waals surface area contributed by atoms with Crippen molar-refractivity contribution in [2.24, 2.45) is 4.99 Å². The number of halogens is 1. The van der Waals surface area contributed by atoms with Crippen molar-refractivity contribution in [3.63, 3.8) is 0 Å². The second-order valence-electron chi connectivity index (χ2n) is 6.33. The number of benzene rings is 2. The van der Waals surface area contributed by atoms with E-state index in [1.54, 1.807) is 30.5 Å². The van der Waals surface area contributed by atoms with Gasteiger partial charge in [0.05, 0.1) is 26.9 Å². The monoisotopic (exact) mass is 476 g/mol. The normalized spacial score (nSPS) is 12.5. The molecule has 8 heteroatoms. The molecule has 0 saturated heterocycles. The molecule has 0 fully saturated rings. The molecule has 144 valence electrons. The number of carbonyl (C=O) groups is 1. The minimum Gasteiger partial charge on any atom is -0.305 e. The Morgan fingerprint density at radius 2 is 2.04 bits per heavy atom. The van der Waals surface area contributed by atoms with Gasteiger partial charge in [-0.15, -0.1) is 6.42 Å². The lowest BCUT2D eigenvalue weighted by Crippen LogP contribution is -2.17. The predicted molar refractivity (Wildman–Crippen MR) is 115 cm³/mol. The molecule has 0 N–H and O–H groups in total. The number of thiazole rings is 1. The van der Waals surface area contributed by atoms with Gasteiger partial charge in [0.2, 0.25) is 0 Å². The Kier molecular flexibility index (Phi) is 5.89. The average molecular weight is 477 g/mol. The van der Waals surface area contributed by atoms with Crippen LogP contribution in [0.25, 0.3) is 10.2 Å². The first kappa shape index (κ1) is 20.5. The molecule has 5 nitrogen and oxygen atoms in total. The van der Waals surface area contributed by atoms with E-state index in [2.05, 4.69) is 26.8 Å². The number of aromatic nitrogens is 1. The number of fused-ring (bicyclic) bond motifs is 1. The Morgan fingerprint density at radius 3 is 2.71 bits per heavy atom. The van der Waals surface area contributed by atoms with Gasteiger partial charge in [-0.2, -0.15) is 4.99 Å². The highest BCUT2D eigenvalue weighted by Crippen LogP contribution is 2.22. The van der Waals surface area contributed by atoms with E-state index >= 15 is 0 Å². The van der Waals surface area contributed by atoms with Crippen LogP contribution < -0.4 is 4.80 Å². The van der Waals surface area contributed by atoms with Crippen LogP contribution in [0.2, 0.25) is 0 Å². The summed E-state index contributed by atoms with van der Waals surface area (Å²) in [6.45, 7) is 3.48. The summed E-state index contributed by atoms with van der Waals surface area (Å²) in [5.41, 5.74) is 1.10. The molecule has 1 heterocycles. The van der Waals surface area contributed by atoms with Gasteiger partial charge in [0, 0.05) is 10.0 Å². The number of carbonyl (C=O) groups excluding carboxylic acids is 1. The molecule has 1 aromatic heterocycles. The van der Waals surface area contributed by atoms with Gasteiger partial charge >= 0.3 is 0 Å². The van der Waals surface area contributed by atoms with Crippen molar-refractivity contribution in [1.82, 2.24) is 4.57 Å². The highest BCUT2D eigenvalue weighted by atomic mass is 79.9. The van der Waals surface area contributed by atoms with Crippen molar-refractivity contribution >= 4 is 53.2 Å². The summed E-state index contributed by atoms with van der Waals surface area (Å²) in [5, 5.41) is -0.575. The Labute approximate surface area is 175 Å². The predicted octanol–water partition coefficient (Wildman–Crippen LogP) is 4.02. The highest BCUT2D eigenvalue weighted by Gasteiger charge is 2.20. The molecule has 1 amide bonds. The standard InChI is InChI=1S/C20H17BrN2O3S2/c1-4-10-23-17-9-8-15(21)12-18(17)27-20(23)22-19(24)14-6-5-7-16(11-14)28(25,26)13(2)3/h1,5-9,11-13H,10H2,2-3H3. The van der Waals surface area contributed by atoms with E-state index in [9.17, 15) is 13.2 Å². The Bertz CT molecular complexity index is 1280. The topological polar surface area (TPSA) is 68.5 Å². The number of hydrogen-bond donors (Lipinski definition) is 0. The molecule has 0 spiro atoms. The van der Waals surface area contributed by atoms with Crippen LogP contribution in [-0.4, -0.2) is 24.1 Å². The summed E-state index contributed by atoms with van der Waals surface area (Å²) in [7, 11) is -3.48. The van der Waals surface area contributed by atoms with Crippen LogP contribution in [0.15, 0.2) is 56.8 Å². The molecular formula is C20H17BrN2O3S2. The fraction of sp³-hybridized carbons (Fsp3) is 0.200. The quantitative estimate of drug-likeness (QED) is 0.533. The number of terminal acetylenes is 1. The first-order valence-corrected chi connectivity index (χ1v) is 11.5. The van der Waals surface area contributed by atoms with Crippen molar-refractivity contribution in [3.05, 3.63) is 57.3 Å². The molecule has 0 unspecified atom stereocenters. The van der Waals surface area contributed by atoms with E-state index < -0.39 is 21.0 Å². The highest BCUT2D eigenvalue weighted by molar-refractivity contribution is 9.10. The lowest BCUT2D eigenvalue weighted by Gasteiger charge is -2.08. The zero-order chi connectivity index (χ0) is 20.5. The van der Waals surface area contributed by atoms with Gasteiger partial charge in [-0.1, -0.05) is 39.3 Å². The van der Waals surface area contributed by atoms with E-state index in [0.717, 1.165) is 14.7 Å². The number of sulfone groups is 1. The third kappa shape index (κ3) is 3.97. The van der Waals surface area contributed by atoms with Gasteiger partial charge in [-0.25, -0.2) is 8.42 Å². The van der Waals surface area contributed by atoms with Gasteiger partial charge < -0.3 is 4.57 Å². The largest absolute Gasteiger partial charge is 0.305 e. The molecule has 0 aliphatic carbocycles. The van der Waals surface area contributed by atoms with Crippen LogP contribution in [0.3, 0.4) is 0 Å². The van der Waals surface area contributed by atoms with Crippen molar-refractivity contribution < 1.29 is 13.2 Å². The van der Waals surface area contributed by atoms with E-state index in [0.29, 0.717) is 4.80 Å². The maximum absolute atomic E-state index is 12.7. The minimum absolute atomic E-state index is 0.111. The maximum atomic E-state index is 12.7. The van der Waals surface area contributed by atoms with Gasteiger partial charge in [0.25, 0.3) is 5.91 Å². The third-order valence-electron chi connectivity index (χ3n) is 4.12. The maximum Gasteiger partial charge on any atom is 0.279 e. The van der Waals surface area contributed by atoms with Crippen molar-refractivity contribution in [2.45, 2.75) is 30.5 Å². The first-order valence-electron chi connectivity index (χ1n) is 8.39. The molecule has 0 aliphatic heterocycles. The van der Waals surface area contributed by atoms with Gasteiger partial charge in [0.15, 0.2) is 14.6 Å². The zero-order valence-corrected chi connectivity index (χ0v) is 18.4. The van der Waals surface area contributed by atoms with Crippen molar-refractivity contribution in [2.75, 3.05) is 0 Å². The first-order chi connectivity index (χ1) is 13.2. The minimum atomic E-state index is -3.48. The SMILES string of the molecule is C#CCn1c(=NC(=O)c2cccc(S(=O)(=O)C(C)C)c2)sc2cc(Br)ccc21. The lowest BCUT2D eigenvalue weighted by molar-refractivity contribution is 0.0997. The molecule has 0 bridgehead atoms. The molecule has 0 radical (unpaired) electrons. The Balaban J connectivity index is 2.11. The summed E-state index contributed by atoms with van der Waals surface area (Å²) in [6, 6.07) is 11.7. The smallest absolute Gasteiger partial charge is 0.279 e. The van der Waals surface area contributed by atoms with E-state index in [4.69, 9.17) is 6.42 Å². The van der Waals surface area contributed by atoms with Crippen LogP contribution >= 0.6 is 27.3 Å². The number of hydrogen-bond acceptors (Lipinski definition) is 4. The third-order valence-corrected chi connectivity index (χ3v) is 7.81. The van der Waals surface area contributed by atoms with Crippen molar-refractivity contribution in [3.8, 4) is 12.3 Å². The molecule has 2 aromatic carbocycles. The number of nitrogens with zero attached hydrogens (tertiary/aromatic N) is 2. The summed E-state index contributed by atoms with van der Waals surface area (Å²) >= 11 is 4.78. The van der Waals surface area contributed by atoms with Gasteiger partial charge in [0.1, 0.15) is 0 Å². The molecule has 0 aliphatic rings. The zero-order valence-electron chi connectivity index (χ0n) is 15.2. The second-order valence-corrected chi connectivity index (χ2v) is 10.8. The van der Waals surface area contributed by atoms with Crippen LogP contribution in [0.4, 0.5) is 0 Å². The second kappa shape index (κ2) is 8.03. The average Bonchev–Trinajstić information content (AvgIpc) is 2.98. The van der Waals surface area contributed by atoms with Crippen LogP contribution in [0.1, 0.15) is 24.2 Å². The summed E-state index contributed by atoms with van der Waals surface area (Å²) < 4.78 is 28.4. The molecular weight excluding hydrogens is 460 g/mol. The van der Waals surface area contributed by atoms with Crippen LogP contribution in [0, 0.1) is 12.3 Å². The van der Waals surface area contributed by atoms with E-state index in [1.807, 2.05) is 18.2 Å². The summed E-state index contributed by atoms with van der Waals surface area (Å²) in [6.07, 6.45) is 5.48. The Morgan fingerprint density at radius 1 is 1.29 bits per heavy atom. The van der Waals surface area contributed by atoms with E-state index in [-0.39, 0.29) is 17.0 Å². The molecule has 0 atom stereocenters. The van der Waals surface area contributed by atoms with Crippen molar-refractivity contribution in [1.29, 1.82) is 0 Å². The molecule has 3 aromatic rings. The molecule has 0 saturated carbocycles. The summed E-state index contributed by atoms with van der Waals surface area (Å²) in [4.78, 5) is 17.5.